The van der Waals surface area contributed by atoms with Crippen LogP contribution in [0.15, 0.2) is 16.7 Å². The van der Waals surface area contributed by atoms with E-state index in [0.717, 1.165) is 0 Å². The number of halogens is 3. The van der Waals surface area contributed by atoms with Gasteiger partial charge in [-0.05, 0) is 12.5 Å². The molecule has 1 aliphatic heterocycles. The maximum Gasteiger partial charge on any atom is 0.418 e. The molecule has 0 spiro atoms. The molecule has 1 saturated heterocycles. The molecular formula is C11H12F3NO4. The summed E-state index contributed by atoms with van der Waals surface area (Å²) >= 11 is 0. The number of nitrogens with zero attached hydrogens (tertiary/aromatic N) is 1. The van der Waals surface area contributed by atoms with Crippen molar-refractivity contribution in [1.82, 2.24) is 4.90 Å². The third kappa shape index (κ3) is 2.59. The number of aromatic carboxylic acids is 1. The summed E-state index contributed by atoms with van der Waals surface area (Å²) in [5.74, 6) is -1.12. The number of carboxylic acid groups (broad SMARTS) is 1. The van der Waals surface area contributed by atoms with Gasteiger partial charge in [0.1, 0.15) is 11.3 Å². The SMILES string of the molecule is O=C(O)c1ccoc1CN1CCC(O)(C(F)(F)F)C1. The minimum absolute atomic E-state index is 0.0236. The number of likely N-dealkylation sites (tertiary alicyclic amines) is 1. The van der Waals surface area contributed by atoms with Crippen molar-refractivity contribution < 1.29 is 32.6 Å². The molecule has 5 nitrogen and oxygen atoms in total. The molecule has 0 amide bonds. The number of furan rings is 1. The number of β-amino-alcohol motifs (C(OH)–C–C–N with tert-alkyl or cyclic N) is 1. The molecular weight excluding hydrogens is 267 g/mol. The molecule has 0 aromatic carbocycles. The lowest BCUT2D eigenvalue weighted by Crippen LogP contribution is -2.47. The summed E-state index contributed by atoms with van der Waals surface area (Å²) in [6, 6.07) is 1.24. The Morgan fingerprint density at radius 3 is 2.74 bits per heavy atom. The first kappa shape index (κ1) is 13.9. The molecule has 1 unspecified atom stereocenters. The van der Waals surface area contributed by atoms with Crippen LogP contribution in [0, 0.1) is 0 Å². The zero-order chi connectivity index (χ0) is 14.3. The van der Waals surface area contributed by atoms with Crippen LogP contribution in [0.3, 0.4) is 0 Å². The molecule has 2 N–H and O–H groups in total. The lowest BCUT2D eigenvalue weighted by molar-refractivity contribution is -0.254. The van der Waals surface area contributed by atoms with E-state index in [0.29, 0.717) is 0 Å². The molecule has 0 radical (unpaired) electrons. The van der Waals surface area contributed by atoms with Crippen molar-refractivity contribution in [3.63, 3.8) is 0 Å². The van der Waals surface area contributed by atoms with E-state index >= 15 is 0 Å². The molecule has 2 heterocycles. The monoisotopic (exact) mass is 279 g/mol. The van der Waals surface area contributed by atoms with Gasteiger partial charge >= 0.3 is 12.1 Å². The number of carboxylic acids is 1. The number of hydrogen-bond acceptors (Lipinski definition) is 4. The summed E-state index contributed by atoms with van der Waals surface area (Å²) in [6.45, 7) is -0.640. The first-order chi connectivity index (χ1) is 8.73. The van der Waals surface area contributed by atoms with Crippen LogP contribution in [-0.2, 0) is 6.54 Å². The standard InChI is InChI=1S/C11H12F3NO4/c12-11(13,14)10(18)2-3-15(6-10)5-8-7(9(16)17)1-4-19-8/h1,4,18H,2-3,5-6H2,(H,16,17). The van der Waals surface area contributed by atoms with Crippen LogP contribution in [0.25, 0.3) is 0 Å². The Labute approximate surface area is 106 Å². The van der Waals surface area contributed by atoms with E-state index in [1.165, 1.54) is 17.2 Å². The summed E-state index contributed by atoms with van der Waals surface area (Å²) in [5.41, 5.74) is -2.81. The first-order valence-electron chi connectivity index (χ1n) is 5.54. The second kappa shape index (κ2) is 4.53. The zero-order valence-electron chi connectivity index (χ0n) is 9.78. The van der Waals surface area contributed by atoms with Crippen molar-refractivity contribution in [2.45, 2.75) is 24.7 Å². The Kier molecular flexibility index (Phi) is 3.31. The topological polar surface area (TPSA) is 73.9 Å². The Balaban J connectivity index is 2.07. The highest BCUT2D eigenvalue weighted by atomic mass is 19.4. The molecule has 1 aromatic heterocycles. The van der Waals surface area contributed by atoms with Crippen molar-refractivity contribution in [2.75, 3.05) is 13.1 Å². The van der Waals surface area contributed by atoms with Crippen molar-refractivity contribution in [3.05, 3.63) is 23.7 Å². The van der Waals surface area contributed by atoms with Crippen LogP contribution >= 0.6 is 0 Å². The average molecular weight is 279 g/mol. The van der Waals surface area contributed by atoms with Crippen LogP contribution in [0.5, 0.6) is 0 Å². The molecule has 1 aromatic rings. The van der Waals surface area contributed by atoms with Gasteiger partial charge in [-0.1, -0.05) is 0 Å². The van der Waals surface area contributed by atoms with E-state index in [1.54, 1.807) is 0 Å². The summed E-state index contributed by atoms with van der Waals surface area (Å²) in [6.07, 6.45) is -3.95. The Morgan fingerprint density at radius 1 is 1.53 bits per heavy atom. The van der Waals surface area contributed by atoms with Gasteiger partial charge in [0, 0.05) is 13.1 Å². The number of alkyl halides is 3. The van der Waals surface area contributed by atoms with Gasteiger partial charge in [0.15, 0.2) is 5.60 Å². The summed E-state index contributed by atoms with van der Waals surface area (Å²) in [5, 5.41) is 18.3. The molecule has 1 fully saturated rings. The van der Waals surface area contributed by atoms with Gasteiger partial charge in [-0.2, -0.15) is 13.2 Å². The van der Waals surface area contributed by atoms with Crippen LogP contribution in [0.1, 0.15) is 22.5 Å². The number of rotatable bonds is 3. The third-order valence-electron chi connectivity index (χ3n) is 3.20. The normalized spacial score (nSPS) is 24.8. The lowest BCUT2D eigenvalue weighted by Gasteiger charge is -2.25. The van der Waals surface area contributed by atoms with Gasteiger partial charge in [-0.3, -0.25) is 4.90 Å². The molecule has 1 atom stereocenters. The minimum atomic E-state index is -4.69. The smallest absolute Gasteiger partial charge is 0.418 e. The first-order valence-corrected chi connectivity index (χ1v) is 5.54. The highest BCUT2D eigenvalue weighted by Crippen LogP contribution is 2.38. The Morgan fingerprint density at radius 2 is 2.21 bits per heavy atom. The number of hydrogen-bond donors (Lipinski definition) is 2. The summed E-state index contributed by atoms with van der Waals surface area (Å²) < 4.78 is 42.8. The van der Waals surface area contributed by atoms with E-state index in [1.807, 2.05) is 0 Å². The summed E-state index contributed by atoms with van der Waals surface area (Å²) in [4.78, 5) is 12.2. The van der Waals surface area contributed by atoms with Crippen molar-refractivity contribution in [2.24, 2.45) is 0 Å². The predicted octanol–water partition coefficient (Wildman–Crippen LogP) is 1.48. The van der Waals surface area contributed by atoms with E-state index in [-0.39, 0.29) is 24.4 Å². The van der Waals surface area contributed by atoms with Crippen LogP contribution < -0.4 is 0 Å². The van der Waals surface area contributed by atoms with Gasteiger partial charge < -0.3 is 14.6 Å². The molecule has 0 aliphatic carbocycles. The molecule has 2 rings (SSSR count). The fraction of sp³-hybridized carbons (Fsp3) is 0.545. The van der Waals surface area contributed by atoms with Crippen molar-refractivity contribution in [3.8, 4) is 0 Å². The second-order valence-electron chi connectivity index (χ2n) is 4.55. The maximum absolute atomic E-state index is 12.6. The van der Waals surface area contributed by atoms with Gasteiger partial charge in [0.2, 0.25) is 0 Å². The minimum Gasteiger partial charge on any atom is -0.478 e. The molecule has 106 valence electrons. The van der Waals surface area contributed by atoms with Gasteiger partial charge in [0.25, 0.3) is 0 Å². The third-order valence-corrected chi connectivity index (χ3v) is 3.20. The summed E-state index contributed by atoms with van der Waals surface area (Å²) in [7, 11) is 0. The molecule has 0 bridgehead atoms. The largest absolute Gasteiger partial charge is 0.478 e. The number of aliphatic hydroxyl groups is 1. The highest BCUT2D eigenvalue weighted by molar-refractivity contribution is 5.88. The molecule has 1 aliphatic rings. The molecule has 19 heavy (non-hydrogen) atoms. The molecule has 0 saturated carbocycles. The van der Waals surface area contributed by atoms with Crippen molar-refractivity contribution in [1.29, 1.82) is 0 Å². The van der Waals surface area contributed by atoms with E-state index < -0.39 is 30.7 Å². The quantitative estimate of drug-likeness (QED) is 0.876. The second-order valence-corrected chi connectivity index (χ2v) is 4.55. The van der Waals surface area contributed by atoms with Crippen LogP contribution in [0.2, 0.25) is 0 Å². The van der Waals surface area contributed by atoms with Gasteiger partial charge in [-0.15, -0.1) is 0 Å². The molecule has 8 heteroatoms. The van der Waals surface area contributed by atoms with E-state index in [9.17, 15) is 23.1 Å². The number of carbonyl (C=O) groups is 1. The van der Waals surface area contributed by atoms with E-state index in [2.05, 4.69) is 0 Å². The zero-order valence-corrected chi connectivity index (χ0v) is 9.78. The average Bonchev–Trinajstić information content (AvgIpc) is 2.86. The predicted molar refractivity (Wildman–Crippen MR) is 56.6 cm³/mol. The lowest BCUT2D eigenvalue weighted by atomic mass is 10.0. The van der Waals surface area contributed by atoms with Gasteiger partial charge in [-0.25, -0.2) is 4.79 Å². The van der Waals surface area contributed by atoms with E-state index in [4.69, 9.17) is 9.52 Å². The van der Waals surface area contributed by atoms with Gasteiger partial charge in [0.05, 0.1) is 12.8 Å². The van der Waals surface area contributed by atoms with Crippen LogP contribution in [-0.4, -0.2) is 45.9 Å². The highest BCUT2D eigenvalue weighted by Gasteiger charge is 2.57. The van der Waals surface area contributed by atoms with Crippen molar-refractivity contribution >= 4 is 5.97 Å². The Hall–Kier alpha value is -1.54. The fourth-order valence-electron chi connectivity index (χ4n) is 2.09. The maximum atomic E-state index is 12.6. The van der Waals surface area contributed by atoms with Crippen LogP contribution in [0.4, 0.5) is 13.2 Å². The fourth-order valence-corrected chi connectivity index (χ4v) is 2.09. The Bertz CT molecular complexity index is 485.